The second kappa shape index (κ2) is 8.08. The molecule has 5 nitrogen and oxygen atoms in total. The fourth-order valence-corrected chi connectivity index (χ4v) is 1.93. The van der Waals surface area contributed by atoms with Crippen LogP contribution in [0, 0.1) is 5.41 Å². The van der Waals surface area contributed by atoms with Gasteiger partial charge in [0.05, 0.1) is 18.1 Å². The van der Waals surface area contributed by atoms with Gasteiger partial charge in [-0.25, -0.2) is 0 Å². The van der Waals surface area contributed by atoms with Gasteiger partial charge in [-0.15, -0.1) is 0 Å². The van der Waals surface area contributed by atoms with Crippen molar-refractivity contribution in [1.82, 2.24) is 5.32 Å². The molecule has 0 aliphatic carbocycles. The van der Waals surface area contributed by atoms with Crippen LogP contribution in [0.15, 0.2) is 0 Å². The van der Waals surface area contributed by atoms with E-state index in [1.54, 1.807) is 21.0 Å². The Morgan fingerprint density at radius 3 is 2.17 bits per heavy atom. The van der Waals surface area contributed by atoms with Gasteiger partial charge >= 0.3 is 5.97 Å². The van der Waals surface area contributed by atoms with Crippen molar-refractivity contribution in [3.8, 4) is 0 Å². The molecule has 0 radical (unpaired) electrons. The maximum absolute atomic E-state index is 11.9. The lowest BCUT2D eigenvalue weighted by Crippen LogP contribution is -2.42. The summed E-state index contributed by atoms with van der Waals surface area (Å²) in [7, 11) is 1.58. The Morgan fingerprint density at radius 2 is 1.83 bits per heavy atom. The zero-order chi connectivity index (χ0) is 14.2. The topological polar surface area (TPSA) is 75.6 Å². The van der Waals surface area contributed by atoms with Crippen LogP contribution in [0.5, 0.6) is 0 Å². The molecule has 0 aromatic rings. The van der Waals surface area contributed by atoms with Crippen LogP contribution in [0.1, 0.15) is 46.5 Å². The molecule has 2 N–H and O–H groups in total. The summed E-state index contributed by atoms with van der Waals surface area (Å²) in [6, 6.07) is -0.0530. The van der Waals surface area contributed by atoms with Crippen LogP contribution in [0.3, 0.4) is 0 Å². The highest BCUT2D eigenvalue weighted by Gasteiger charge is 2.37. The standard InChI is InChI=1S/C13H25NO4/c1-5-10(9-18-4)14-11(15)8-13(6-2,7-3)12(16)17/h10H,5-9H2,1-4H3,(H,14,15)(H,16,17). The molecule has 0 heterocycles. The van der Waals surface area contributed by atoms with Gasteiger partial charge in [0.25, 0.3) is 0 Å². The molecular weight excluding hydrogens is 234 g/mol. The molecule has 0 rings (SSSR count). The lowest BCUT2D eigenvalue weighted by molar-refractivity contribution is -0.152. The van der Waals surface area contributed by atoms with E-state index in [4.69, 9.17) is 4.74 Å². The van der Waals surface area contributed by atoms with Gasteiger partial charge in [0.1, 0.15) is 0 Å². The van der Waals surface area contributed by atoms with Crippen molar-refractivity contribution in [2.75, 3.05) is 13.7 Å². The summed E-state index contributed by atoms with van der Waals surface area (Å²) in [5, 5.41) is 12.1. The van der Waals surface area contributed by atoms with Crippen molar-refractivity contribution in [3.05, 3.63) is 0 Å². The van der Waals surface area contributed by atoms with E-state index in [0.717, 1.165) is 6.42 Å². The predicted octanol–water partition coefficient (Wildman–Crippen LogP) is 1.81. The third-order valence-electron chi connectivity index (χ3n) is 3.53. The molecule has 0 bridgehead atoms. The van der Waals surface area contributed by atoms with Gasteiger partial charge in [-0.05, 0) is 19.3 Å². The number of hydrogen-bond donors (Lipinski definition) is 2. The van der Waals surface area contributed by atoms with Gasteiger partial charge < -0.3 is 15.2 Å². The predicted molar refractivity (Wildman–Crippen MR) is 69.4 cm³/mol. The maximum atomic E-state index is 11.9. The van der Waals surface area contributed by atoms with E-state index in [1.165, 1.54) is 0 Å². The van der Waals surface area contributed by atoms with Crippen LogP contribution in [-0.4, -0.2) is 36.7 Å². The van der Waals surface area contributed by atoms with Crippen molar-refractivity contribution >= 4 is 11.9 Å². The van der Waals surface area contributed by atoms with E-state index in [1.807, 2.05) is 6.92 Å². The van der Waals surface area contributed by atoms with E-state index in [2.05, 4.69) is 5.32 Å². The van der Waals surface area contributed by atoms with Gasteiger partial charge in [0.15, 0.2) is 0 Å². The number of rotatable bonds is 9. The average Bonchev–Trinajstić information content (AvgIpc) is 2.35. The van der Waals surface area contributed by atoms with Crippen LogP contribution in [0.4, 0.5) is 0 Å². The number of hydrogen-bond acceptors (Lipinski definition) is 3. The second-order valence-corrected chi connectivity index (χ2v) is 4.60. The third kappa shape index (κ3) is 4.64. The van der Waals surface area contributed by atoms with Crippen LogP contribution >= 0.6 is 0 Å². The van der Waals surface area contributed by atoms with Crippen LogP contribution in [0.2, 0.25) is 0 Å². The summed E-state index contributed by atoms with van der Waals surface area (Å²) >= 11 is 0. The molecule has 0 saturated heterocycles. The number of carbonyl (C=O) groups is 2. The van der Waals surface area contributed by atoms with E-state index in [-0.39, 0.29) is 18.4 Å². The highest BCUT2D eigenvalue weighted by atomic mass is 16.5. The van der Waals surface area contributed by atoms with Gasteiger partial charge in [0, 0.05) is 13.5 Å². The molecular formula is C13H25NO4. The number of nitrogens with one attached hydrogen (secondary N) is 1. The van der Waals surface area contributed by atoms with E-state index in [0.29, 0.717) is 19.4 Å². The largest absolute Gasteiger partial charge is 0.481 e. The normalized spacial score (nSPS) is 13.1. The second-order valence-electron chi connectivity index (χ2n) is 4.60. The molecule has 0 aromatic heterocycles. The number of ether oxygens (including phenoxy) is 1. The van der Waals surface area contributed by atoms with Crippen molar-refractivity contribution < 1.29 is 19.4 Å². The minimum Gasteiger partial charge on any atom is -0.481 e. The Bertz CT molecular complexity index is 274. The first-order valence-electron chi connectivity index (χ1n) is 6.47. The van der Waals surface area contributed by atoms with E-state index >= 15 is 0 Å². The monoisotopic (exact) mass is 259 g/mol. The number of carboxylic acids is 1. The van der Waals surface area contributed by atoms with Crippen LogP contribution in [-0.2, 0) is 14.3 Å². The van der Waals surface area contributed by atoms with Gasteiger partial charge in [0.2, 0.25) is 5.91 Å². The van der Waals surface area contributed by atoms with Gasteiger partial charge in [-0.3, -0.25) is 9.59 Å². The molecule has 0 aliphatic rings. The molecule has 106 valence electrons. The summed E-state index contributed by atoms with van der Waals surface area (Å²) < 4.78 is 4.99. The minimum absolute atomic E-state index is 0.0234. The van der Waals surface area contributed by atoms with Crippen molar-refractivity contribution in [3.63, 3.8) is 0 Å². The number of carbonyl (C=O) groups excluding carboxylic acids is 1. The number of carboxylic acid groups (broad SMARTS) is 1. The molecule has 1 amide bonds. The first-order chi connectivity index (χ1) is 8.45. The van der Waals surface area contributed by atoms with Crippen LogP contribution < -0.4 is 5.32 Å². The van der Waals surface area contributed by atoms with Gasteiger partial charge in [-0.1, -0.05) is 20.8 Å². The van der Waals surface area contributed by atoms with E-state index in [9.17, 15) is 14.7 Å². The molecule has 0 aromatic carbocycles. The smallest absolute Gasteiger partial charge is 0.310 e. The summed E-state index contributed by atoms with van der Waals surface area (Å²) in [6.45, 7) is 6.00. The van der Waals surface area contributed by atoms with Gasteiger partial charge in [-0.2, -0.15) is 0 Å². The molecule has 0 spiro atoms. The molecule has 0 saturated carbocycles. The van der Waals surface area contributed by atoms with Crippen LogP contribution in [0.25, 0.3) is 0 Å². The fraction of sp³-hybridized carbons (Fsp3) is 0.846. The number of amides is 1. The average molecular weight is 259 g/mol. The van der Waals surface area contributed by atoms with Crippen molar-refractivity contribution in [2.45, 2.75) is 52.5 Å². The molecule has 1 atom stereocenters. The lowest BCUT2D eigenvalue weighted by atomic mass is 9.79. The summed E-state index contributed by atoms with van der Waals surface area (Å²) in [4.78, 5) is 23.2. The molecule has 5 heteroatoms. The zero-order valence-corrected chi connectivity index (χ0v) is 11.8. The minimum atomic E-state index is -0.949. The molecule has 1 unspecified atom stereocenters. The maximum Gasteiger partial charge on any atom is 0.310 e. The Morgan fingerprint density at radius 1 is 1.28 bits per heavy atom. The Hall–Kier alpha value is -1.10. The molecule has 0 aliphatic heterocycles. The van der Waals surface area contributed by atoms with E-state index < -0.39 is 11.4 Å². The quantitative estimate of drug-likeness (QED) is 0.662. The first kappa shape index (κ1) is 16.9. The number of methoxy groups -OCH3 is 1. The summed E-state index contributed by atoms with van der Waals surface area (Å²) in [6.07, 6.45) is 1.69. The summed E-state index contributed by atoms with van der Waals surface area (Å²) in [5.41, 5.74) is -0.949. The Kier molecular flexibility index (Phi) is 7.59. The first-order valence-corrected chi connectivity index (χ1v) is 6.47. The highest BCUT2D eigenvalue weighted by molar-refractivity contribution is 5.85. The summed E-state index contributed by atoms with van der Waals surface area (Å²) in [5.74, 6) is -1.12. The number of aliphatic carboxylic acids is 1. The Labute approximate surface area is 109 Å². The molecule has 0 fully saturated rings. The van der Waals surface area contributed by atoms with Crippen molar-refractivity contribution in [1.29, 1.82) is 0 Å². The van der Waals surface area contributed by atoms with Crippen molar-refractivity contribution in [2.24, 2.45) is 5.41 Å². The lowest BCUT2D eigenvalue weighted by Gasteiger charge is -2.27. The fourth-order valence-electron chi connectivity index (χ4n) is 1.93. The third-order valence-corrected chi connectivity index (χ3v) is 3.53. The Balaban J connectivity index is 4.56. The zero-order valence-electron chi connectivity index (χ0n) is 11.8. The SMILES string of the molecule is CCC(COC)NC(=O)CC(CC)(CC)C(=O)O. The highest BCUT2D eigenvalue weighted by Crippen LogP contribution is 2.30. The molecule has 18 heavy (non-hydrogen) atoms.